The van der Waals surface area contributed by atoms with Gasteiger partial charge in [-0.05, 0) is 36.0 Å². The lowest BCUT2D eigenvalue weighted by Gasteiger charge is -2.15. The molecule has 0 aromatic heterocycles. The number of amides is 2. The standard InChI is InChI=1S/C13H16N2O2/c1-15(13(17)12(14)16)8-9-5-6-10-3-2-4-11(10)7-9/h5-7H,2-4,8H2,1H3,(H2,14,16). The third-order valence-corrected chi connectivity index (χ3v) is 3.14. The summed E-state index contributed by atoms with van der Waals surface area (Å²) in [5.41, 5.74) is 8.76. The smallest absolute Gasteiger partial charge is 0.311 e. The number of rotatable bonds is 2. The first-order valence-electron chi connectivity index (χ1n) is 5.73. The molecular formula is C13H16N2O2. The molecule has 0 saturated carbocycles. The molecule has 2 N–H and O–H groups in total. The van der Waals surface area contributed by atoms with E-state index in [1.54, 1.807) is 7.05 Å². The molecule has 4 nitrogen and oxygen atoms in total. The first-order chi connectivity index (χ1) is 8.08. The van der Waals surface area contributed by atoms with Gasteiger partial charge in [-0.15, -0.1) is 0 Å². The molecule has 4 heteroatoms. The molecule has 17 heavy (non-hydrogen) atoms. The zero-order valence-corrected chi connectivity index (χ0v) is 9.90. The summed E-state index contributed by atoms with van der Waals surface area (Å²) in [7, 11) is 1.58. The number of nitrogens with zero attached hydrogens (tertiary/aromatic N) is 1. The first kappa shape index (κ1) is 11.6. The van der Waals surface area contributed by atoms with Crippen LogP contribution in [0, 0.1) is 0 Å². The summed E-state index contributed by atoms with van der Waals surface area (Å²) < 4.78 is 0. The van der Waals surface area contributed by atoms with Crippen LogP contribution in [0.2, 0.25) is 0 Å². The molecule has 1 aromatic carbocycles. The van der Waals surface area contributed by atoms with Crippen LogP contribution in [-0.2, 0) is 29.0 Å². The van der Waals surface area contributed by atoms with Crippen LogP contribution in [0.25, 0.3) is 0 Å². The Morgan fingerprint density at radius 1 is 1.29 bits per heavy atom. The maximum Gasteiger partial charge on any atom is 0.311 e. The molecule has 0 fully saturated rings. The normalized spacial score (nSPS) is 13.2. The number of primary amides is 1. The number of hydrogen-bond acceptors (Lipinski definition) is 2. The first-order valence-corrected chi connectivity index (χ1v) is 5.73. The predicted molar refractivity (Wildman–Crippen MR) is 64.1 cm³/mol. The summed E-state index contributed by atoms with van der Waals surface area (Å²) in [6, 6.07) is 6.24. The van der Waals surface area contributed by atoms with E-state index in [1.807, 2.05) is 6.07 Å². The van der Waals surface area contributed by atoms with Crippen molar-refractivity contribution in [1.82, 2.24) is 4.90 Å². The Morgan fingerprint density at radius 3 is 2.71 bits per heavy atom. The Bertz CT molecular complexity index is 468. The number of carbonyl (C=O) groups is 2. The monoisotopic (exact) mass is 232 g/mol. The number of benzene rings is 1. The highest BCUT2D eigenvalue weighted by atomic mass is 16.2. The minimum atomic E-state index is -0.909. The summed E-state index contributed by atoms with van der Waals surface area (Å²) in [5.74, 6) is -1.56. The molecule has 1 aromatic rings. The minimum Gasteiger partial charge on any atom is -0.361 e. The van der Waals surface area contributed by atoms with Gasteiger partial charge < -0.3 is 10.6 Å². The molecule has 0 atom stereocenters. The molecule has 90 valence electrons. The lowest BCUT2D eigenvalue weighted by molar-refractivity contribution is -0.143. The lowest BCUT2D eigenvalue weighted by Crippen LogP contribution is -2.37. The molecule has 0 unspecified atom stereocenters. The highest BCUT2D eigenvalue weighted by molar-refractivity contribution is 6.34. The van der Waals surface area contributed by atoms with Crippen molar-refractivity contribution in [2.24, 2.45) is 5.73 Å². The number of nitrogens with two attached hydrogens (primary N) is 1. The highest BCUT2D eigenvalue weighted by Gasteiger charge is 2.16. The van der Waals surface area contributed by atoms with Crippen LogP contribution < -0.4 is 5.73 Å². The van der Waals surface area contributed by atoms with Crippen molar-refractivity contribution >= 4 is 11.8 Å². The van der Waals surface area contributed by atoms with Crippen molar-refractivity contribution in [3.8, 4) is 0 Å². The largest absolute Gasteiger partial charge is 0.361 e. The molecule has 2 rings (SSSR count). The Morgan fingerprint density at radius 2 is 2.00 bits per heavy atom. The van der Waals surface area contributed by atoms with E-state index in [0.29, 0.717) is 6.54 Å². The van der Waals surface area contributed by atoms with E-state index in [4.69, 9.17) is 5.73 Å². The van der Waals surface area contributed by atoms with Crippen LogP contribution in [0.15, 0.2) is 18.2 Å². The van der Waals surface area contributed by atoms with E-state index >= 15 is 0 Å². The average molecular weight is 232 g/mol. The summed E-state index contributed by atoms with van der Waals surface area (Å²) in [5, 5.41) is 0. The Kier molecular flexibility index (Phi) is 3.13. The zero-order chi connectivity index (χ0) is 12.4. The number of likely N-dealkylation sites (N-methyl/N-ethyl adjacent to an activating group) is 1. The molecule has 0 bridgehead atoms. The Balaban J connectivity index is 2.09. The summed E-state index contributed by atoms with van der Waals surface area (Å²) in [6.07, 6.45) is 3.46. The Labute approximate surface area is 100 Å². The van der Waals surface area contributed by atoms with Gasteiger partial charge in [0.2, 0.25) is 0 Å². The molecule has 0 heterocycles. The van der Waals surface area contributed by atoms with Crippen LogP contribution in [0.4, 0.5) is 0 Å². The quantitative estimate of drug-likeness (QED) is 0.760. The van der Waals surface area contributed by atoms with E-state index in [0.717, 1.165) is 18.4 Å². The van der Waals surface area contributed by atoms with E-state index in [9.17, 15) is 9.59 Å². The van der Waals surface area contributed by atoms with E-state index in [-0.39, 0.29) is 0 Å². The molecular weight excluding hydrogens is 216 g/mol. The second-order valence-electron chi connectivity index (χ2n) is 4.48. The second-order valence-corrected chi connectivity index (χ2v) is 4.48. The van der Waals surface area contributed by atoms with Crippen LogP contribution in [0.3, 0.4) is 0 Å². The topological polar surface area (TPSA) is 63.4 Å². The summed E-state index contributed by atoms with van der Waals surface area (Å²) in [6.45, 7) is 0.426. The van der Waals surface area contributed by atoms with Gasteiger partial charge in [0.15, 0.2) is 0 Å². The second kappa shape index (κ2) is 4.57. The van der Waals surface area contributed by atoms with Gasteiger partial charge in [-0.3, -0.25) is 9.59 Å². The van der Waals surface area contributed by atoms with Gasteiger partial charge in [-0.25, -0.2) is 0 Å². The fourth-order valence-electron chi connectivity index (χ4n) is 2.26. The van der Waals surface area contributed by atoms with Crippen molar-refractivity contribution in [2.45, 2.75) is 25.8 Å². The maximum atomic E-state index is 11.3. The van der Waals surface area contributed by atoms with Crippen molar-refractivity contribution < 1.29 is 9.59 Å². The van der Waals surface area contributed by atoms with Gasteiger partial charge in [-0.2, -0.15) is 0 Å². The van der Waals surface area contributed by atoms with Crippen molar-refractivity contribution in [3.05, 3.63) is 34.9 Å². The molecule has 0 spiro atoms. The minimum absolute atomic E-state index is 0.426. The molecule has 0 aliphatic heterocycles. The van der Waals surface area contributed by atoms with Crippen molar-refractivity contribution in [3.63, 3.8) is 0 Å². The fourth-order valence-corrected chi connectivity index (χ4v) is 2.26. The van der Waals surface area contributed by atoms with Crippen LogP contribution in [-0.4, -0.2) is 23.8 Å². The molecule has 1 aliphatic carbocycles. The number of carbonyl (C=O) groups excluding carboxylic acids is 2. The SMILES string of the molecule is CN(Cc1ccc2c(c1)CCC2)C(=O)C(N)=O. The third-order valence-electron chi connectivity index (χ3n) is 3.14. The van der Waals surface area contributed by atoms with Crippen molar-refractivity contribution in [1.29, 1.82) is 0 Å². The molecule has 1 aliphatic rings. The number of hydrogen-bond donors (Lipinski definition) is 1. The van der Waals surface area contributed by atoms with E-state index < -0.39 is 11.8 Å². The van der Waals surface area contributed by atoms with Gasteiger partial charge in [0.25, 0.3) is 0 Å². The lowest BCUT2D eigenvalue weighted by atomic mass is 10.1. The van der Waals surface area contributed by atoms with E-state index in [2.05, 4.69) is 12.1 Å². The average Bonchev–Trinajstić information content (AvgIpc) is 2.74. The maximum absolute atomic E-state index is 11.3. The fraction of sp³-hybridized carbons (Fsp3) is 0.385. The van der Waals surface area contributed by atoms with Crippen LogP contribution >= 0.6 is 0 Å². The predicted octanol–water partition coefficient (Wildman–Crippen LogP) is 0.619. The summed E-state index contributed by atoms with van der Waals surface area (Å²) in [4.78, 5) is 23.4. The van der Waals surface area contributed by atoms with Gasteiger partial charge in [0.05, 0.1) is 0 Å². The molecule has 0 saturated heterocycles. The number of aryl methyl sites for hydroxylation is 2. The highest BCUT2D eigenvalue weighted by Crippen LogP contribution is 2.23. The van der Waals surface area contributed by atoms with Gasteiger partial charge in [0.1, 0.15) is 0 Å². The van der Waals surface area contributed by atoms with Gasteiger partial charge in [-0.1, -0.05) is 18.2 Å². The Hall–Kier alpha value is -1.84. The third kappa shape index (κ3) is 2.46. The van der Waals surface area contributed by atoms with Crippen LogP contribution in [0.1, 0.15) is 23.1 Å². The molecule has 0 radical (unpaired) electrons. The summed E-state index contributed by atoms with van der Waals surface area (Å²) >= 11 is 0. The van der Waals surface area contributed by atoms with Crippen LogP contribution in [0.5, 0.6) is 0 Å². The zero-order valence-electron chi connectivity index (χ0n) is 9.90. The van der Waals surface area contributed by atoms with Crippen molar-refractivity contribution in [2.75, 3.05) is 7.05 Å². The number of fused-ring (bicyclic) bond motifs is 1. The van der Waals surface area contributed by atoms with Gasteiger partial charge >= 0.3 is 11.8 Å². The van der Waals surface area contributed by atoms with E-state index in [1.165, 1.54) is 22.4 Å². The van der Waals surface area contributed by atoms with Gasteiger partial charge in [0, 0.05) is 13.6 Å². The molecule has 2 amide bonds.